The first-order valence-electron chi connectivity index (χ1n) is 5.13. The number of nitrogens with zero attached hydrogens (tertiary/aromatic N) is 1. The largest absolute Gasteiger partial charge is 0.496 e. The molecule has 2 rings (SSSR count). The average Bonchev–Trinajstić information content (AvgIpc) is 2.27. The molecule has 1 aliphatic heterocycles. The SMILES string of the molecule is COc1ccc(N2CC(=O)NC(=O)N2)cc1C. The molecular weight excluding hydrogens is 222 g/mol. The molecule has 1 aromatic carbocycles. The lowest BCUT2D eigenvalue weighted by Crippen LogP contribution is -2.59. The molecule has 1 fully saturated rings. The van der Waals surface area contributed by atoms with Gasteiger partial charge in [-0.3, -0.25) is 15.1 Å². The maximum atomic E-state index is 11.2. The normalized spacial score (nSPS) is 15.3. The molecule has 2 N–H and O–H groups in total. The molecule has 90 valence electrons. The maximum Gasteiger partial charge on any atom is 0.340 e. The van der Waals surface area contributed by atoms with E-state index in [0.717, 1.165) is 17.0 Å². The van der Waals surface area contributed by atoms with Crippen molar-refractivity contribution in [3.05, 3.63) is 23.8 Å². The number of benzene rings is 1. The number of anilines is 1. The molecular formula is C11H13N3O3. The first kappa shape index (κ1) is 11.3. The minimum absolute atomic E-state index is 0.0948. The van der Waals surface area contributed by atoms with Crippen molar-refractivity contribution < 1.29 is 14.3 Å². The van der Waals surface area contributed by atoms with Crippen LogP contribution in [0.15, 0.2) is 18.2 Å². The summed E-state index contributed by atoms with van der Waals surface area (Å²) in [5.74, 6) is 0.434. The number of urea groups is 1. The van der Waals surface area contributed by atoms with Crippen molar-refractivity contribution in [2.75, 3.05) is 18.7 Å². The van der Waals surface area contributed by atoms with E-state index in [2.05, 4.69) is 10.7 Å². The fourth-order valence-electron chi connectivity index (χ4n) is 1.69. The lowest BCUT2D eigenvalue weighted by atomic mass is 10.2. The van der Waals surface area contributed by atoms with Gasteiger partial charge in [-0.2, -0.15) is 0 Å². The maximum absolute atomic E-state index is 11.2. The van der Waals surface area contributed by atoms with E-state index in [9.17, 15) is 9.59 Å². The molecule has 1 saturated heterocycles. The summed E-state index contributed by atoms with van der Waals surface area (Å²) in [4.78, 5) is 22.4. The molecule has 1 aromatic rings. The highest BCUT2D eigenvalue weighted by Crippen LogP contribution is 2.23. The molecule has 0 unspecified atom stereocenters. The summed E-state index contributed by atoms with van der Waals surface area (Å²) in [5.41, 5.74) is 4.23. The molecule has 0 spiro atoms. The third-order valence-corrected chi connectivity index (χ3v) is 2.48. The number of carbonyl (C=O) groups excluding carboxylic acids is 2. The Balaban J connectivity index is 2.25. The van der Waals surface area contributed by atoms with E-state index in [-0.39, 0.29) is 12.5 Å². The number of rotatable bonds is 2. The van der Waals surface area contributed by atoms with Gasteiger partial charge >= 0.3 is 6.03 Å². The van der Waals surface area contributed by atoms with Crippen molar-refractivity contribution in [2.45, 2.75) is 6.92 Å². The molecule has 0 bridgehead atoms. The van der Waals surface area contributed by atoms with Crippen LogP contribution in [0, 0.1) is 6.92 Å². The Bertz CT molecular complexity index is 457. The van der Waals surface area contributed by atoms with Crippen LogP contribution < -0.4 is 20.5 Å². The molecule has 0 atom stereocenters. The highest BCUT2D eigenvalue weighted by atomic mass is 16.5. The van der Waals surface area contributed by atoms with Crippen LogP contribution in [0.25, 0.3) is 0 Å². The van der Waals surface area contributed by atoms with Crippen molar-refractivity contribution in [1.82, 2.24) is 10.7 Å². The van der Waals surface area contributed by atoms with Gasteiger partial charge in [0.15, 0.2) is 0 Å². The first-order valence-corrected chi connectivity index (χ1v) is 5.13. The van der Waals surface area contributed by atoms with Gasteiger partial charge in [0.2, 0.25) is 5.91 Å². The van der Waals surface area contributed by atoms with Gasteiger partial charge in [0.25, 0.3) is 0 Å². The fraction of sp³-hybridized carbons (Fsp3) is 0.273. The van der Waals surface area contributed by atoms with Gasteiger partial charge in [0.1, 0.15) is 12.3 Å². The summed E-state index contributed by atoms with van der Waals surface area (Å²) in [6, 6.07) is 4.90. The number of amides is 3. The van der Waals surface area contributed by atoms with E-state index in [1.165, 1.54) is 5.01 Å². The zero-order valence-corrected chi connectivity index (χ0v) is 9.61. The van der Waals surface area contributed by atoms with E-state index >= 15 is 0 Å². The number of hydrazine groups is 1. The summed E-state index contributed by atoms with van der Waals surface area (Å²) in [6.45, 7) is 1.99. The van der Waals surface area contributed by atoms with E-state index in [4.69, 9.17) is 4.74 Å². The van der Waals surface area contributed by atoms with Gasteiger partial charge in [-0.15, -0.1) is 0 Å². The smallest absolute Gasteiger partial charge is 0.340 e. The van der Waals surface area contributed by atoms with Crippen LogP contribution in [0.1, 0.15) is 5.56 Å². The quantitative estimate of drug-likeness (QED) is 0.786. The zero-order chi connectivity index (χ0) is 12.4. The molecule has 1 aliphatic rings. The van der Waals surface area contributed by atoms with Crippen molar-refractivity contribution in [3.63, 3.8) is 0 Å². The molecule has 0 saturated carbocycles. The molecule has 0 radical (unpaired) electrons. The summed E-state index contributed by atoms with van der Waals surface area (Å²) in [5, 5.41) is 3.65. The van der Waals surface area contributed by atoms with Crippen molar-refractivity contribution in [1.29, 1.82) is 0 Å². The summed E-state index contributed by atoms with van der Waals surface area (Å²) < 4.78 is 5.14. The number of hydrogen-bond donors (Lipinski definition) is 2. The lowest BCUT2D eigenvalue weighted by molar-refractivity contribution is -0.119. The van der Waals surface area contributed by atoms with Gasteiger partial charge in [-0.1, -0.05) is 0 Å². The van der Waals surface area contributed by atoms with Crippen LogP contribution in [-0.4, -0.2) is 25.6 Å². The lowest BCUT2D eigenvalue weighted by Gasteiger charge is -2.28. The summed E-state index contributed by atoms with van der Waals surface area (Å²) in [7, 11) is 1.60. The molecule has 0 aliphatic carbocycles. The monoisotopic (exact) mass is 235 g/mol. The average molecular weight is 235 g/mol. The van der Waals surface area contributed by atoms with Gasteiger partial charge in [-0.05, 0) is 30.7 Å². The second kappa shape index (κ2) is 4.32. The van der Waals surface area contributed by atoms with Gasteiger partial charge in [0.05, 0.1) is 12.8 Å². The van der Waals surface area contributed by atoms with Crippen molar-refractivity contribution >= 4 is 17.6 Å². The third kappa shape index (κ3) is 2.30. The highest BCUT2D eigenvalue weighted by molar-refractivity contribution is 6.00. The molecule has 3 amide bonds. The molecule has 6 nitrogen and oxygen atoms in total. The van der Waals surface area contributed by atoms with Crippen LogP contribution in [-0.2, 0) is 4.79 Å². The summed E-state index contributed by atoms with van der Waals surface area (Å²) in [6.07, 6.45) is 0. The highest BCUT2D eigenvalue weighted by Gasteiger charge is 2.22. The van der Waals surface area contributed by atoms with E-state index in [1.54, 1.807) is 19.2 Å². The predicted octanol–water partition coefficient (Wildman–Crippen LogP) is 0.564. The Morgan fingerprint density at radius 2 is 2.12 bits per heavy atom. The van der Waals surface area contributed by atoms with E-state index < -0.39 is 6.03 Å². The fourth-order valence-corrected chi connectivity index (χ4v) is 1.69. The molecule has 17 heavy (non-hydrogen) atoms. The van der Waals surface area contributed by atoms with E-state index in [0.29, 0.717) is 0 Å². The predicted molar refractivity (Wildman–Crippen MR) is 61.8 cm³/mol. The van der Waals surface area contributed by atoms with Gasteiger partial charge in [0, 0.05) is 0 Å². The van der Waals surface area contributed by atoms with Crippen LogP contribution in [0.3, 0.4) is 0 Å². The number of carbonyl (C=O) groups is 2. The first-order chi connectivity index (χ1) is 8.10. The van der Waals surface area contributed by atoms with Crippen LogP contribution in [0.5, 0.6) is 5.75 Å². The van der Waals surface area contributed by atoms with Crippen LogP contribution in [0.4, 0.5) is 10.5 Å². The third-order valence-electron chi connectivity index (χ3n) is 2.48. The molecule has 1 heterocycles. The van der Waals surface area contributed by atoms with Crippen LogP contribution >= 0.6 is 0 Å². The Kier molecular flexibility index (Phi) is 2.86. The summed E-state index contributed by atoms with van der Waals surface area (Å²) >= 11 is 0. The number of methoxy groups -OCH3 is 1. The minimum atomic E-state index is -0.519. The Morgan fingerprint density at radius 3 is 2.71 bits per heavy atom. The second-order valence-corrected chi connectivity index (χ2v) is 3.73. The Morgan fingerprint density at radius 1 is 1.35 bits per heavy atom. The standard InChI is InChI=1S/C11H13N3O3/c1-7-5-8(3-4-9(7)17-2)14-6-10(15)12-11(16)13-14/h3-5H,6H2,1-2H3,(H2,12,13,15,16). The van der Waals surface area contributed by atoms with E-state index in [1.807, 2.05) is 13.0 Å². The van der Waals surface area contributed by atoms with Gasteiger partial charge < -0.3 is 4.74 Å². The number of aryl methyl sites for hydroxylation is 1. The topological polar surface area (TPSA) is 70.7 Å². The number of nitrogens with one attached hydrogen (secondary N) is 2. The molecule has 6 heteroatoms. The number of hydrogen-bond acceptors (Lipinski definition) is 4. The minimum Gasteiger partial charge on any atom is -0.496 e. The second-order valence-electron chi connectivity index (χ2n) is 3.73. The number of imide groups is 1. The molecule has 0 aromatic heterocycles. The van der Waals surface area contributed by atoms with Gasteiger partial charge in [-0.25, -0.2) is 10.2 Å². The van der Waals surface area contributed by atoms with Crippen molar-refractivity contribution in [2.24, 2.45) is 0 Å². The van der Waals surface area contributed by atoms with Crippen LogP contribution in [0.2, 0.25) is 0 Å². The zero-order valence-electron chi connectivity index (χ0n) is 9.61. The number of ether oxygens (including phenoxy) is 1. The van der Waals surface area contributed by atoms with Crippen molar-refractivity contribution in [3.8, 4) is 5.75 Å². The Labute approximate surface area is 98.5 Å². The Hall–Kier alpha value is -2.24.